The number of halogens is 1. The van der Waals surface area contributed by atoms with Crippen LogP contribution in [0.25, 0.3) is 0 Å². The maximum atomic E-state index is 12.7. The number of benzene rings is 1. The Kier molecular flexibility index (Phi) is 5.67. The third-order valence-electron chi connectivity index (χ3n) is 4.50. The normalized spacial score (nSPS) is 24.9. The zero-order chi connectivity index (χ0) is 19.7. The lowest BCUT2D eigenvalue weighted by molar-refractivity contribution is -0.204. The van der Waals surface area contributed by atoms with Crippen LogP contribution in [0.1, 0.15) is 30.1 Å². The van der Waals surface area contributed by atoms with Gasteiger partial charge in [-0.05, 0) is 30.7 Å². The first-order valence-electron chi connectivity index (χ1n) is 7.97. The first-order chi connectivity index (χ1) is 12.1. The number of ketones is 2. The fourth-order valence-electron chi connectivity index (χ4n) is 2.60. The highest BCUT2D eigenvalue weighted by molar-refractivity contribution is 6.30. The number of rotatable bonds is 8. The summed E-state index contributed by atoms with van der Waals surface area (Å²) in [5, 5.41) is 21.3. The summed E-state index contributed by atoms with van der Waals surface area (Å²) in [6.07, 6.45) is -0.950. The quantitative estimate of drug-likeness (QED) is 0.201. The van der Waals surface area contributed by atoms with E-state index in [1.165, 1.54) is 37.3 Å². The second kappa shape index (κ2) is 7.28. The molecule has 1 saturated carbocycles. The van der Waals surface area contributed by atoms with E-state index in [1.54, 1.807) is 0 Å². The van der Waals surface area contributed by atoms with Crippen molar-refractivity contribution in [1.29, 1.82) is 0 Å². The molecule has 1 fully saturated rings. The Morgan fingerprint density at radius 2 is 2.04 bits per heavy atom. The van der Waals surface area contributed by atoms with Gasteiger partial charge in [-0.1, -0.05) is 24.6 Å². The summed E-state index contributed by atoms with van der Waals surface area (Å²) in [4.78, 5) is 37.1. The van der Waals surface area contributed by atoms with Gasteiger partial charge < -0.3 is 20.7 Å². The molecule has 4 atom stereocenters. The van der Waals surface area contributed by atoms with Crippen molar-refractivity contribution in [2.24, 2.45) is 11.7 Å². The molecule has 0 aromatic heterocycles. The molecule has 0 heterocycles. The molecule has 0 bridgehead atoms. The number of aliphatic hydroxyl groups is 2. The van der Waals surface area contributed by atoms with Crippen LogP contribution >= 0.6 is 11.6 Å². The van der Waals surface area contributed by atoms with E-state index in [0.717, 1.165) is 0 Å². The third-order valence-corrected chi connectivity index (χ3v) is 4.75. The highest BCUT2D eigenvalue weighted by Gasteiger charge is 2.59. The molecule has 0 spiro atoms. The molecule has 8 heteroatoms. The van der Waals surface area contributed by atoms with Crippen LogP contribution in [0.4, 0.5) is 0 Å². The summed E-state index contributed by atoms with van der Waals surface area (Å²) in [5.74, 6) is -3.48. The molecule has 0 saturated heterocycles. The Bertz CT molecular complexity index is 749. The lowest BCUT2D eigenvalue weighted by atomic mass is 9.86. The summed E-state index contributed by atoms with van der Waals surface area (Å²) in [6.45, 7) is 4.93. The molecule has 0 amide bonds. The van der Waals surface area contributed by atoms with Crippen LogP contribution < -0.4 is 5.73 Å². The monoisotopic (exact) mass is 381 g/mol. The van der Waals surface area contributed by atoms with Crippen molar-refractivity contribution >= 4 is 29.1 Å². The fraction of sp³-hybridized carbons (Fsp3) is 0.389. The largest absolute Gasteiger partial charge is 0.430 e. The predicted molar refractivity (Wildman–Crippen MR) is 93.4 cm³/mol. The SMILES string of the molecule is C=C[C@@H]1C[C@]1(N)C(=O)O[C@H](O)[C@](O)(C(=O)CC)C(=O)c1ccc(Cl)cc1. The van der Waals surface area contributed by atoms with Crippen LogP contribution in [-0.4, -0.2) is 45.2 Å². The van der Waals surface area contributed by atoms with Crippen LogP contribution in [0.5, 0.6) is 0 Å². The van der Waals surface area contributed by atoms with Crippen LogP contribution in [0.2, 0.25) is 5.02 Å². The van der Waals surface area contributed by atoms with Crippen molar-refractivity contribution in [2.75, 3.05) is 0 Å². The van der Waals surface area contributed by atoms with Gasteiger partial charge in [0.15, 0.2) is 5.78 Å². The van der Waals surface area contributed by atoms with Crippen molar-refractivity contribution in [3.63, 3.8) is 0 Å². The molecule has 2 rings (SSSR count). The average molecular weight is 382 g/mol. The standard InChI is InChI=1S/C18H20ClNO6/c1-3-11-9-17(11,20)15(23)26-16(24)18(25,13(21)4-2)14(22)10-5-7-12(19)8-6-10/h3,5-8,11,16,24-25H,1,4,9,20H2,2H3/t11-,16+,17-,18+/m1/s1. The van der Waals surface area contributed by atoms with Gasteiger partial charge in [-0.15, -0.1) is 6.58 Å². The van der Waals surface area contributed by atoms with E-state index >= 15 is 0 Å². The summed E-state index contributed by atoms with van der Waals surface area (Å²) in [5.41, 5.74) is 1.41. The molecule has 140 valence electrons. The van der Waals surface area contributed by atoms with Gasteiger partial charge in [-0.25, -0.2) is 4.79 Å². The minimum Gasteiger partial charge on any atom is -0.430 e. The van der Waals surface area contributed by atoms with E-state index in [0.29, 0.717) is 5.02 Å². The Hall–Kier alpha value is -2.06. The summed E-state index contributed by atoms with van der Waals surface area (Å²) in [6, 6.07) is 5.34. The number of nitrogens with two attached hydrogens (primary N) is 1. The van der Waals surface area contributed by atoms with E-state index in [2.05, 4.69) is 6.58 Å². The molecule has 26 heavy (non-hydrogen) atoms. The Morgan fingerprint density at radius 1 is 1.46 bits per heavy atom. The molecular weight excluding hydrogens is 362 g/mol. The zero-order valence-electron chi connectivity index (χ0n) is 14.1. The van der Waals surface area contributed by atoms with E-state index < -0.39 is 35.0 Å². The molecular formula is C18H20ClNO6. The highest BCUT2D eigenvalue weighted by atomic mass is 35.5. The number of aliphatic hydroxyl groups excluding tert-OH is 1. The van der Waals surface area contributed by atoms with Crippen molar-refractivity contribution in [3.8, 4) is 0 Å². The Balaban J connectivity index is 2.29. The molecule has 7 nitrogen and oxygen atoms in total. The maximum Gasteiger partial charge on any atom is 0.329 e. The van der Waals surface area contributed by atoms with Crippen LogP contribution in [0.3, 0.4) is 0 Å². The van der Waals surface area contributed by atoms with Crippen LogP contribution in [0.15, 0.2) is 36.9 Å². The lowest BCUT2D eigenvalue weighted by Gasteiger charge is -2.30. The van der Waals surface area contributed by atoms with Gasteiger partial charge in [0.05, 0.1) is 0 Å². The molecule has 4 N–H and O–H groups in total. The predicted octanol–water partition coefficient (Wildman–Crippen LogP) is 0.998. The first kappa shape index (κ1) is 20.3. The van der Waals surface area contributed by atoms with E-state index in [9.17, 15) is 24.6 Å². The Morgan fingerprint density at radius 3 is 2.50 bits per heavy atom. The van der Waals surface area contributed by atoms with Crippen LogP contribution in [0, 0.1) is 5.92 Å². The van der Waals surface area contributed by atoms with Gasteiger partial charge in [-0.3, -0.25) is 9.59 Å². The van der Waals surface area contributed by atoms with E-state index in [-0.39, 0.29) is 24.3 Å². The Labute approximate surface area is 155 Å². The van der Waals surface area contributed by atoms with Gasteiger partial charge in [-0.2, -0.15) is 0 Å². The second-order valence-corrected chi connectivity index (χ2v) is 6.66. The molecule has 1 aromatic rings. The molecule has 0 radical (unpaired) electrons. The maximum absolute atomic E-state index is 12.7. The number of hydrogen-bond donors (Lipinski definition) is 3. The molecule has 1 aliphatic rings. The van der Waals surface area contributed by atoms with Crippen LogP contribution in [-0.2, 0) is 14.3 Å². The summed E-state index contributed by atoms with van der Waals surface area (Å²) < 4.78 is 4.79. The lowest BCUT2D eigenvalue weighted by Crippen LogP contribution is -2.58. The summed E-state index contributed by atoms with van der Waals surface area (Å²) in [7, 11) is 0. The van der Waals surface area contributed by atoms with Crippen molar-refractivity contribution in [1.82, 2.24) is 0 Å². The highest BCUT2D eigenvalue weighted by Crippen LogP contribution is 2.43. The van der Waals surface area contributed by atoms with Crippen molar-refractivity contribution in [2.45, 2.75) is 37.2 Å². The number of esters is 1. The minimum atomic E-state index is -2.95. The van der Waals surface area contributed by atoms with Gasteiger partial charge >= 0.3 is 5.97 Å². The molecule has 1 aliphatic carbocycles. The number of carbonyl (C=O) groups is 3. The smallest absolute Gasteiger partial charge is 0.329 e. The van der Waals surface area contributed by atoms with Gasteiger partial charge in [0.2, 0.25) is 17.7 Å². The van der Waals surface area contributed by atoms with Gasteiger partial charge in [0.1, 0.15) is 5.54 Å². The average Bonchev–Trinajstić information content (AvgIpc) is 3.32. The van der Waals surface area contributed by atoms with Crippen molar-refractivity contribution in [3.05, 3.63) is 47.5 Å². The van der Waals surface area contributed by atoms with Gasteiger partial charge in [0.25, 0.3) is 0 Å². The number of Topliss-reactive ketones (excluding diaryl/α,β-unsaturated/α-hetero) is 2. The minimum absolute atomic E-state index is 0.0772. The second-order valence-electron chi connectivity index (χ2n) is 6.22. The first-order valence-corrected chi connectivity index (χ1v) is 8.35. The number of hydrogen-bond acceptors (Lipinski definition) is 7. The number of ether oxygens (including phenoxy) is 1. The van der Waals surface area contributed by atoms with E-state index in [4.69, 9.17) is 22.1 Å². The van der Waals surface area contributed by atoms with E-state index in [1.807, 2.05) is 0 Å². The third kappa shape index (κ3) is 3.43. The number of carbonyl (C=O) groups excluding carboxylic acids is 3. The fourth-order valence-corrected chi connectivity index (χ4v) is 2.72. The molecule has 0 unspecified atom stereocenters. The van der Waals surface area contributed by atoms with Crippen molar-refractivity contribution < 1.29 is 29.3 Å². The molecule has 0 aliphatic heterocycles. The summed E-state index contributed by atoms with van der Waals surface area (Å²) >= 11 is 5.75. The zero-order valence-corrected chi connectivity index (χ0v) is 14.9. The van der Waals surface area contributed by atoms with Gasteiger partial charge in [0, 0.05) is 22.9 Å². The molecule has 1 aromatic carbocycles. The topological polar surface area (TPSA) is 127 Å².